The van der Waals surface area contributed by atoms with E-state index in [9.17, 15) is 17.6 Å². The van der Waals surface area contributed by atoms with E-state index in [0.717, 1.165) is 0 Å². The molecular weight excluding hydrogens is 397 g/mol. The van der Waals surface area contributed by atoms with Crippen molar-refractivity contribution in [3.8, 4) is 0 Å². The molecule has 1 saturated heterocycles. The third-order valence-electron chi connectivity index (χ3n) is 4.20. The number of halogens is 2. The van der Waals surface area contributed by atoms with Gasteiger partial charge in [0.1, 0.15) is 10.7 Å². The van der Waals surface area contributed by atoms with Gasteiger partial charge in [0.25, 0.3) is 0 Å². The maximum Gasteiger partial charge on any atom is 0.244 e. The molecule has 27 heavy (non-hydrogen) atoms. The summed E-state index contributed by atoms with van der Waals surface area (Å²) in [5.41, 5.74) is 0.667. The molecule has 1 amide bonds. The molecule has 2 heterocycles. The first-order valence-electron chi connectivity index (χ1n) is 8.11. The van der Waals surface area contributed by atoms with Gasteiger partial charge in [0.2, 0.25) is 15.9 Å². The topological polar surface area (TPSA) is 96.3 Å². The van der Waals surface area contributed by atoms with Crippen LogP contribution in [0.25, 0.3) is 0 Å². The van der Waals surface area contributed by atoms with Gasteiger partial charge >= 0.3 is 0 Å². The van der Waals surface area contributed by atoms with Crippen LogP contribution < -0.4 is 10.0 Å². The Labute approximate surface area is 163 Å². The summed E-state index contributed by atoms with van der Waals surface area (Å²) in [6.07, 6.45) is 2.57. The zero-order chi connectivity index (χ0) is 18.7. The number of nitrogens with zero attached hydrogens (tertiary/aromatic N) is 3. The van der Waals surface area contributed by atoms with Crippen molar-refractivity contribution in [2.75, 3.05) is 26.2 Å². The van der Waals surface area contributed by atoms with Crippen molar-refractivity contribution >= 4 is 28.3 Å². The van der Waals surface area contributed by atoms with Gasteiger partial charge in [-0.15, -0.1) is 12.4 Å². The van der Waals surface area contributed by atoms with Crippen molar-refractivity contribution in [3.63, 3.8) is 0 Å². The fourth-order valence-corrected chi connectivity index (χ4v) is 3.85. The molecule has 1 unspecified atom stereocenters. The van der Waals surface area contributed by atoms with Gasteiger partial charge in [-0.1, -0.05) is 12.1 Å². The SMILES string of the molecule is Cl.Cn1cc(S(=O)(=O)NCC(=O)N2CCNCC2c2cccc(F)c2)cn1. The minimum atomic E-state index is -3.82. The molecule has 0 bridgehead atoms. The maximum atomic E-state index is 13.5. The Hall–Kier alpha value is -2.01. The van der Waals surface area contributed by atoms with Crippen molar-refractivity contribution in [1.82, 2.24) is 24.7 Å². The highest BCUT2D eigenvalue weighted by Gasteiger charge is 2.29. The molecule has 1 atom stereocenters. The lowest BCUT2D eigenvalue weighted by atomic mass is 10.0. The molecule has 1 aromatic heterocycles. The number of carbonyl (C=O) groups is 1. The summed E-state index contributed by atoms with van der Waals surface area (Å²) in [5.74, 6) is -0.744. The maximum absolute atomic E-state index is 13.5. The average Bonchev–Trinajstić information content (AvgIpc) is 3.07. The van der Waals surface area contributed by atoms with Crippen LogP contribution in [-0.2, 0) is 21.9 Å². The number of hydrogen-bond acceptors (Lipinski definition) is 5. The van der Waals surface area contributed by atoms with Crippen LogP contribution in [0.15, 0.2) is 41.6 Å². The zero-order valence-corrected chi connectivity index (χ0v) is 16.3. The fraction of sp³-hybridized carbons (Fsp3) is 0.375. The van der Waals surface area contributed by atoms with Crippen LogP contribution in [0, 0.1) is 5.82 Å². The molecule has 0 radical (unpaired) electrons. The molecule has 0 saturated carbocycles. The number of sulfonamides is 1. The highest BCUT2D eigenvalue weighted by Crippen LogP contribution is 2.23. The van der Waals surface area contributed by atoms with E-state index in [0.29, 0.717) is 25.2 Å². The number of benzene rings is 1. The Morgan fingerprint density at radius 2 is 2.22 bits per heavy atom. The average molecular weight is 418 g/mol. The molecule has 11 heteroatoms. The first kappa shape index (κ1) is 21.3. The summed E-state index contributed by atoms with van der Waals surface area (Å²) in [4.78, 5) is 14.2. The van der Waals surface area contributed by atoms with Crippen LogP contribution in [0.1, 0.15) is 11.6 Å². The molecular formula is C16H21ClFN5O3S. The molecule has 2 aromatic rings. The van der Waals surface area contributed by atoms with Gasteiger partial charge in [0.15, 0.2) is 0 Å². The number of carbonyl (C=O) groups excluding carboxylic acids is 1. The van der Waals surface area contributed by atoms with E-state index in [1.165, 1.54) is 29.2 Å². The van der Waals surface area contributed by atoms with Crippen LogP contribution in [-0.4, -0.2) is 55.2 Å². The first-order chi connectivity index (χ1) is 12.4. The van der Waals surface area contributed by atoms with E-state index in [2.05, 4.69) is 15.1 Å². The Bertz CT molecular complexity index is 905. The van der Waals surface area contributed by atoms with Crippen molar-refractivity contribution in [2.45, 2.75) is 10.9 Å². The van der Waals surface area contributed by atoms with Crippen molar-refractivity contribution < 1.29 is 17.6 Å². The van der Waals surface area contributed by atoms with E-state index in [4.69, 9.17) is 0 Å². The van der Waals surface area contributed by atoms with Gasteiger partial charge < -0.3 is 10.2 Å². The standard InChI is InChI=1S/C16H20FN5O3S.ClH/c1-21-11-14(8-19-21)26(24,25)20-10-16(23)22-6-5-18-9-15(22)12-3-2-4-13(17)7-12;/h2-4,7-8,11,15,18,20H,5-6,9-10H2,1H3;1H. The van der Waals surface area contributed by atoms with E-state index >= 15 is 0 Å². The van der Waals surface area contributed by atoms with E-state index in [-0.39, 0.29) is 41.6 Å². The molecule has 1 aliphatic heterocycles. The van der Waals surface area contributed by atoms with Gasteiger partial charge in [0.05, 0.1) is 18.8 Å². The molecule has 3 rings (SSSR count). The lowest BCUT2D eigenvalue weighted by Gasteiger charge is -2.36. The number of aryl methyl sites for hydroxylation is 1. The zero-order valence-electron chi connectivity index (χ0n) is 14.6. The minimum Gasteiger partial charge on any atom is -0.332 e. The van der Waals surface area contributed by atoms with Gasteiger partial charge in [-0.3, -0.25) is 9.48 Å². The summed E-state index contributed by atoms with van der Waals surface area (Å²) in [5, 5.41) is 6.99. The lowest BCUT2D eigenvalue weighted by molar-refractivity contribution is -0.133. The van der Waals surface area contributed by atoms with Gasteiger partial charge in [-0.2, -0.15) is 5.10 Å². The normalized spacial score (nSPS) is 17.4. The Kier molecular flexibility index (Phi) is 6.93. The van der Waals surface area contributed by atoms with E-state index < -0.39 is 10.0 Å². The van der Waals surface area contributed by atoms with Crippen molar-refractivity contribution in [3.05, 3.63) is 48.0 Å². The predicted molar refractivity (Wildman–Crippen MR) is 99.4 cm³/mol. The smallest absolute Gasteiger partial charge is 0.244 e. The minimum absolute atomic E-state index is 0. The molecule has 0 aliphatic carbocycles. The third kappa shape index (κ3) is 5.04. The van der Waals surface area contributed by atoms with Gasteiger partial charge in [0, 0.05) is 32.9 Å². The Balaban J connectivity index is 0.00000261. The summed E-state index contributed by atoms with van der Waals surface area (Å²) >= 11 is 0. The van der Waals surface area contributed by atoms with Gasteiger partial charge in [-0.25, -0.2) is 17.5 Å². The Morgan fingerprint density at radius 3 is 2.89 bits per heavy atom. The predicted octanol–water partition coefficient (Wildman–Crippen LogP) is 0.432. The molecule has 148 valence electrons. The molecule has 1 aromatic carbocycles. The first-order valence-corrected chi connectivity index (χ1v) is 9.59. The highest BCUT2D eigenvalue weighted by atomic mass is 35.5. The van der Waals surface area contributed by atoms with Crippen LogP contribution >= 0.6 is 12.4 Å². The number of rotatable bonds is 5. The van der Waals surface area contributed by atoms with E-state index in [1.807, 2.05) is 0 Å². The van der Waals surface area contributed by atoms with Crippen LogP contribution in [0.4, 0.5) is 4.39 Å². The summed E-state index contributed by atoms with van der Waals surface area (Å²) in [7, 11) is -2.21. The highest BCUT2D eigenvalue weighted by molar-refractivity contribution is 7.89. The summed E-state index contributed by atoms with van der Waals surface area (Å²) < 4.78 is 41.7. The van der Waals surface area contributed by atoms with Crippen molar-refractivity contribution in [1.29, 1.82) is 0 Å². The second kappa shape index (κ2) is 8.79. The van der Waals surface area contributed by atoms with Crippen molar-refractivity contribution in [2.24, 2.45) is 7.05 Å². The molecule has 1 fully saturated rings. The second-order valence-electron chi connectivity index (χ2n) is 6.04. The number of hydrogen-bond donors (Lipinski definition) is 2. The summed E-state index contributed by atoms with van der Waals surface area (Å²) in [6.45, 7) is 1.11. The quantitative estimate of drug-likeness (QED) is 0.735. The molecule has 2 N–H and O–H groups in total. The van der Waals surface area contributed by atoms with Crippen LogP contribution in [0.5, 0.6) is 0 Å². The molecule has 1 aliphatic rings. The Morgan fingerprint density at radius 1 is 1.44 bits per heavy atom. The largest absolute Gasteiger partial charge is 0.332 e. The van der Waals surface area contributed by atoms with Crippen LogP contribution in [0.3, 0.4) is 0 Å². The van der Waals surface area contributed by atoms with E-state index in [1.54, 1.807) is 24.1 Å². The number of amides is 1. The molecule has 0 spiro atoms. The fourth-order valence-electron chi connectivity index (χ4n) is 2.89. The second-order valence-corrected chi connectivity index (χ2v) is 7.80. The summed E-state index contributed by atoms with van der Waals surface area (Å²) in [6, 6.07) is 5.72. The third-order valence-corrected chi connectivity index (χ3v) is 5.56. The monoisotopic (exact) mass is 417 g/mol. The lowest BCUT2D eigenvalue weighted by Crippen LogP contribution is -2.51. The number of piperazine rings is 1. The molecule has 8 nitrogen and oxygen atoms in total. The number of nitrogens with one attached hydrogen (secondary N) is 2. The number of aromatic nitrogens is 2. The van der Waals surface area contributed by atoms with Crippen LogP contribution in [0.2, 0.25) is 0 Å². The van der Waals surface area contributed by atoms with Gasteiger partial charge in [-0.05, 0) is 17.7 Å².